The van der Waals surface area contributed by atoms with Crippen LogP contribution in [-0.2, 0) is 0 Å². The molecule has 0 aliphatic carbocycles. The summed E-state index contributed by atoms with van der Waals surface area (Å²) < 4.78 is 0. The number of rotatable bonds is 8. The number of benzene rings is 1. The Morgan fingerprint density at radius 3 is 2.53 bits per heavy atom. The quantitative estimate of drug-likeness (QED) is 0.553. The fraction of sp³-hybridized carbons (Fsp3) is 0.462. The van der Waals surface area contributed by atoms with Crippen LogP contribution >= 0.6 is 11.8 Å². The number of aromatic carboxylic acids is 1. The maximum Gasteiger partial charge on any atom is 0.336 e. The fourth-order valence-electron chi connectivity index (χ4n) is 1.52. The standard InChI is InChI=1S/C13H18O3S/c14-9-5-1-2-6-10-17-12-8-4-3-7-11(12)13(15)16/h3-4,7-8,14H,1-2,5-6,9-10H2,(H,15,16). The molecule has 1 aromatic rings. The lowest BCUT2D eigenvalue weighted by atomic mass is 10.2. The minimum Gasteiger partial charge on any atom is -0.478 e. The summed E-state index contributed by atoms with van der Waals surface area (Å²) in [6, 6.07) is 7.09. The first-order valence-corrected chi connectivity index (χ1v) is 6.80. The predicted octanol–water partition coefficient (Wildman–Crippen LogP) is 3.03. The summed E-state index contributed by atoms with van der Waals surface area (Å²) in [6.45, 7) is 0.259. The van der Waals surface area contributed by atoms with Crippen molar-refractivity contribution >= 4 is 17.7 Å². The smallest absolute Gasteiger partial charge is 0.336 e. The van der Waals surface area contributed by atoms with Crippen molar-refractivity contribution in [3.8, 4) is 0 Å². The second kappa shape index (κ2) is 8.14. The molecule has 0 saturated carbocycles. The molecule has 0 heterocycles. The lowest BCUT2D eigenvalue weighted by Gasteiger charge is -2.05. The van der Waals surface area contributed by atoms with Crippen molar-refractivity contribution < 1.29 is 15.0 Å². The molecule has 0 radical (unpaired) electrons. The van der Waals surface area contributed by atoms with Crippen LogP contribution in [0.2, 0.25) is 0 Å². The van der Waals surface area contributed by atoms with Gasteiger partial charge in [-0.15, -0.1) is 11.8 Å². The van der Waals surface area contributed by atoms with Gasteiger partial charge in [0, 0.05) is 11.5 Å². The van der Waals surface area contributed by atoms with Crippen molar-refractivity contribution in [2.75, 3.05) is 12.4 Å². The molecule has 0 fully saturated rings. The molecular formula is C13H18O3S. The molecule has 2 N–H and O–H groups in total. The van der Waals surface area contributed by atoms with Gasteiger partial charge in [0.1, 0.15) is 0 Å². The number of hydrogen-bond acceptors (Lipinski definition) is 3. The van der Waals surface area contributed by atoms with Gasteiger partial charge in [-0.1, -0.05) is 25.0 Å². The number of carbonyl (C=O) groups is 1. The number of hydrogen-bond donors (Lipinski definition) is 2. The Hall–Kier alpha value is -1.00. The van der Waals surface area contributed by atoms with Crippen molar-refractivity contribution in [3.05, 3.63) is 29.8 Å². The fourth-order valence-corrected chi connectivity index (χ4v) is 2.57. The first-order chi connectivity index (χ1) is 8.25. The van der Waals surface area contributed by atoms with Gasteiger partial charge in [-0.2, -0.15) is 0 Å². The van der Waals surface area contributed by atoms with E-state index in [9.17, 15) is 4.79 Å². The van der Waals surface area contributed by atoms with E-state index in [1.165, 1.54) is 0 Å². The van der Waals surface area contributed by atoms with Gasteiger partial charge in [-0.25, -0.2) is 4.79 Å². The van der Waals surface area contributed by atoms with Gasteiger partial charge in [-0.05, 0) is 30.7 Å². The molecule has 0 aromatic heterocycles. The van der Waals surface area contributed by atoms with Crippen LogP contribution in [0.4, 0.5) is 0 Å². The van der Waals surface area contributed by atoms with Crippen LogP contribution in [0.1, 0.15) is 36.0 Å². The van der Waals surface area contributed by atoms with Crippen LogP contribution < -0.4 is 0 Å². The molecule has 0 bridgehead atoms. The van der Waals surface area contributed by atoms with Crippen LogP contribution in [0.5, 0.6) is 0 Å². The average molecular weight is 254 g/mol. The second-order valence-corrected chi connectivity index (χ2v) is 4.92. The highest BCUT2D eigenvalue weighted by molar-refractivity contribution is 7.99. The molecule has 1 aromatic carbocycles. The predicted molar refractivity (Wildman–Crippen MR) is 69.7 cm³/mol. The van der Waals surface area contributed by atoms with E-state index in [0.29, 0.717) is 5.56 Å². The number of unbranched alkanes of at least 4 members (excludes halogenated alkanes) is 3. The summed E-state index contributed by atoms with van der Waals surface area (Å²) >= 11 is 1.59. The molecular weight excluding hydrogens is 236 g/mol. The van der Waals surface area contributed by atoms with Gasteiger partial charge >= 0.3 is 5.97 Å². The molecule has 0 atom stereocenters. The van der Waals surface area contributed by atoms with Gasteiger partial charge in [-0.3, -0.25) is 0 Å². The molecule has 17 heavy (non-hydrogen) atoms. The summed E-state index contributed by atoms with van der Waals surface area (Å²) in [5, 5.41) is 17.6. The highest BCUT2D eigenvalue weighted by Gasteiger charge is 2.08. The van der Waals surface area contributed by atoms with Gasteiger partial charge in [0.2, 0.25) is 0 Å². The number of aliphatic hydroxyl groups is 1. The Labute approximate surface area is 106 Å². The van der Waals surface area contributed by atoms with Crippen LogP contribution in [0.3, 0.4) is 0 Å². The summed E-state index contributed by atoms with van der Waals surface area (Å²) in [7, 11) is 0. The second-order valence-electron chi connectivity index (χ2n) is 3.79. The van der Waals surface area contributed by atoms with Crippen molar-refractivity contribution in [2.24, 2.45) is 0 Å². The Morgan fingerprint density at radius 2 is 1.82 bits per heavy atom. The van der Waals surface area contributed by atoms with Crippen molar-refractivity contribution in [3.63, 3.8) is 0 Å². The van der Waals surface area contributed by atoms with Crippen molar-refractivity contribution in [1.29, 1.82) is 0 Å². The third kappa shape index (κ3) is 5.24. The van der Waals surface area contributed by atoms with Gasteiger partial charge in [0.25, 0.3) is 0 Å². The van der Waals surface area contributed by atoms with Crippen LogP contribution in [-0.4, -0.2) is 28.5 Å². The molecule has 0 aliphatic heterocycles. The number of carboxylic acid groups (broad SMARTS) is 1. The highest BCUT2D eigenvalue weighted by Crippen LogP contribution is 2.23. The van der Waals surface area contributed by atoms with Crippen LogP contribution in [0.25, 0.3) is 0 Å². The zero-order chi connectivity index (χ0) is 12.5. The van der Waals surface area contributed by atoms with E-state index in [-0.39, 0.29) is 6.61 Å². The molecule has 0 saturated heterocycles. The van der Waals surface area contributed by atoms with E-state index in [2.05, 4.69) is 0 Å². The average Bonchev–Trinajstić information content (AvgIpc) is 2.34. The van der Waals surface area contributed by atoms with E-state index in [1.807, 2.05) is 12.1 Å². The third-order valence-electron chi connectivity index (χ3n) is 2.43. The van der Waals surface area contributed by atoms with E-state index >= 15 is 0 Å². The number of carboxylic acids is 1. The monoisotopic (exact) mass is 254 g/mol. The zero-order valence-electron chi connectivity index (χ0n) is 9.76. The molecule has 3 nitrogen and oxygen atoms in total. The molecule has 4 heteroatoms. The largest absolute Gasteiger partial charge is 0.478 e. The lowest BCUT2D eigenvalue weighted by molar-refractivity contribution is 0.0693. The molecule has 94 valence electrons. The first kappa shape index (κ1) is 14.1. The van der Waals surface area contributed by atoms with Crippen molar-refractivity contribution in [2.45, 2.75) is 30.6 Å². The maximum atomic E-state index is 11.0. The zero-order valence-corrected chi connectivity index (χ0v) is 10.6. The molecule has 1 rings (SSSR count). The topological polar surface area (TPSA) is 57.5 Å². The Bertz CT molecular complexity index is 352. The SMILES string of the molecule is O=C(O)c1ccccc1SCCCCCCO. The highest BCUT2D eigenvalue weighted by atomic mass is 32.2. The van der Waals surface area contributed by atoms with Crippen molar-refractivity contribution in [1.82, 2.24) is 0 Å². The molecule has 0 aliphatic rings. The summed E-state index contributed by atoms with van der Waals surface area (Å²) in [5.41, 5.74) is 0.382. The van der Waals surface area contributed by atoms with Crippen LogP contribution in [0.15, 0.2) is 29.2 Å². The Morgan fingerprint density at radius 1 is 1.12 bits per heavy atom. The lowest BCUT2D eigenvalue weighted by Crippen LogP contribution is -1.98. The summed E-state index contributed by atoms with van der Waals surface area (Å²) in [4.78, 5) is 11.8. The van der Waals surface area contributed by atoms with Gasteiger partial charge in [0.05, 0.1) is 5.56 Å². The van der Waals surface area contributed by atoms with E-state index in [0.717, 1.165) is 36.3 Å². The molecule has 0 amide bonds. The van der Waals surface area contributed by atoms with E-state index in [1.54, 1.807) is 23.9 Å². The first-order valence-electron chi connectivity index (χ1n) is 5.81. The van der Waals surface area contributed by atoms with E-state index < -0.39 is 5.97 Å². The van der Waals surface area contributed by atoms with Gasteiger partial charge < -0.3 is 10.2 Å². The maximum absolute atomic E-state index is 11.0. The Kier molecular flexibility index (Phi) is 6.74. The normalized spacial score (nSPS) is 10.4. The third-order valence-corrected chi connectivity index (χ3v) is 3.59. The number of aliphatic hydroxyl groups excluding tert-OH is 1. The van der Waals surface area contributed by atoms with Gasteiger partial charge in [0.15, 0.2) is 0 Å². The summed E-state index contributed by atoms with van der Waals surface area (Å²) in [6.07, 6.45) is 4.04. The van der Waals surface area contributed by atoms with Crippen LogP contribution in [0, 0.1) is 0 Å². The van der Waals surface area contributed by atoms with E-state index in [4.69, 9.17) is 10.2 Å². The number of thioether (sulfide) groups is 1. The molecule has 0 spiro atoms. The minimum absolute atomic E-state index is 0.259. The Balaban J connectivity index is 2.34. The summed E-state index contributed by atoms with van der Waals surface area (Å²) in [5.74, 6) is 0.0591. The molecule has 0 unspecified atom stereocenters. The minimum atomic E-state index is -0.867.